The van der Waals surface area contributed by atoms with Crippen LogP contribution < -0.4 is 10.5 Å². The molecule has 0 aliphatic heterocycles. The number of hydrogen-bond donors (Lipinski definition) is 1. The van der Waals surface area contributed by atoms with Crippen LogP contribution in [0.2, 0.25) is 10.0 Å². The number of benzene rings is 2. The lowest BCUT2D eigenvalue weighted by Gasteiger charge is -2.11. The number of rotatable bonds is 3. The number of nitrogen functional groups attached to an aromatic ring is 1. The first kappa shape index (κ1) is 13.0. The van der Waals surface area contributed by atoms with E-state index in [4.69, 9.17) is 33.7 Å². The maximum absolute atomic E-state index is 13.5. The van der Waals surface area contributed by atoms with Gasteiger partial charge in [0.2, 0.25) is 0 Å². The van der Waals surface area contributed by atoms with Gasteiger partial charge < -0.3 is 10.5 Å². The van der Waals surface area contributed by atoms with Gasteiger partial charge in [0.1, 0.15) is 23.2 Å². The predicted octanol–water partition coefficient (Wildman–Crippen LogP) is 4.29. The maximum Gasteiger partial charge on any atom is 0.139 e. The Morgan fingerprint density at radius 2 is 1.83 bits per heavy atom. The molecule has 94 valence electrons. The van der Waals surface area contributed by atoms with E-state index in [1.807, 2.05) is 0 Å². The van der Waals surface area contributed by atoms with Crippen LogP contribution >= 0.6 is 23.2 Å². The van der Waals surface area contributed by atoms with Gasteiger partial charge in [-0.15, -0.1) is 0 Å². The molecule has 0 amide bonds. The molecule has 2 aromatic rings. The first-order valence-electron chi connectivity index (χ1n) is 5.19. The minimum atomic E-state index is -0.409. The molecule has 2 aromatic carbocycles. The molecule has 2 N–H and O–H groups in total. The van der Waals surface area contributed by atoms with Gasteiger partial charge in [0.15, 0.2) is 0 Å². The summed E-state index contributed by atoms with van der Waals surface area (Å²) in [5.41, 5.74) is 6.31. The summed E-state index contributed by atoms with van der Waals surface area (Å²) in [5.74, 6) is -0.0139. The van der Waals surface area contributed by atoms with Crippen LogP contribution in [-0.2, 0) is 6.61 Å². The zero-order chi connectivity index (χ0) is 13.1. The molecule has 0 heterocycles. The highest BCUT2D eigenvalue weighted by Crippen LogP contribution is 2.32. The summed E-state index contributed by atoms with van der Waals surface area (Å²) in [4.78, 5) is 0. The van der Waals surface area contributed by atoms with Crippen LogP contribution in [0.15, 0.2) is 36.4 Å². The Labute approximate surface area is 114 Å². The fraction of sp³-hybridized carbons (Fsp3) is 0.0769. The Hall–Kier alpha value is -1.45. The van der Waals surface area contributed by atoms with Crippen molar-refractivity contribution < 1.29 is 9.13 Å². The van der Waals surface area contributed by atoms with Crippen molar-refractivity contribution in [3.8, 4) is 5.75 Å². The van der Waals surface area contributed by atoms with E-state index in [1.165, 1.54) is 6.07 Å². The molecule has 5 heteroatoms. The lowest BCUT2D eigenvalue weighted by molar-refractivity contribution is 0.301. The fourth-order valence-electron chi connectivity index (χ4n) is 1.47. The Balaban J connectivity index is 2.19. The van der Waals surface area contributed by atoms with E-state index in [2.05, 4.69) is 0 Å². The first-order valence-corrected chi connectivity index (χ1v) is 5.95. The molecular weight excluding hydrogens is 276 g/mol. The van der Waals surface area contributed by atoms with Gasteiger partial charge in [0, 0.05) is 11.3 Å². The third kappa shape index (κ3) is 2.68. The largest absolute Gasteiger partial charge is 0.487 e. The molecule has 0 atom stereocenters. The molecule has 0 aliphatic carbocycles. The molecule has 0 radical (unpaired) electrons. The Morgan fingerprint density at radius 1 is 1.11 bits per heavy atom. The second kappa shape index (κ2) is 5.46. The van der Waals surface area contributed by atoms with E-state index < -0.39 is 5.82 Å². The van der Waals surface area contributed by atoms with Crippen LogP contribution in [0.5, 0.6) is 5.75 Å². The van der Waals surface area contributed by atoms with Gasteiger partial charge in [-0.2, -0.15) is 0 Å². The number of nitrogens with two attached hydrogens (primary N) is 1. The Bertz CT molecular complexity index is 555. The summed E-state index contributed by atoms with van der Waals surface area (Å²) in [5, 5.41) is 0.685. The van der Waals surface area contributed by atoms with Gasteiger partial charge in [-0.25, -0.2) is 4.39 Å². The summed E-state index contributed by atoms with van der Waals surface area (Å²) < 4.78 is 18.9. The number of halogens is 3. The van der Waals surface area contributed by atoms with Gasteiger partial charge in [0.25, 0.3) is 0 Å². The first-order chi connectivity index (χ1) is 8.59. The molecule has 0 saturated heterocycles. The summed E-state index contributed by atoms with van der Waals surface area (Å²) in [6, 6.07) is 9.49. The van der Waals surface area contributed by atoms with E-state index in [1.54, 1.807) is 30.3 Å². The van der Waals surface area contributed by atoms with Gasteiger partial charge in [-0.1, -0.05) is 35.3 Å². The second-order valence-electron chi connectivity index (χ2n) is 3.65. The Kier molecular flexibility index (Phi) is 3.94. The average Bonchev–Trinajstić information content (AvgIpc) is 2.33. The van der Waals surface area contributed by atoms with Gasteiger partial charge >= 0.3 is 0 Å². The summed E-state index contributed by atoms with van der Waals surface area (Å²) in [7, 11) is 0. The van der Waals surface area contributed by atoms with Gasteiger partial charge in [-0.05, 0) is 24.3 Å². The molecule has 0 unspecified atom stereocenters. The highest BCUT2D eigenvalue weighted by Gasteiger charge is 2.09. The van der Waals surface area contributed by atoms with Crippen LogP contribution in [0.4, 0.5) is 10.1 Å². The third-order valence-electron chi connectivity index (χ3n) is 2.44. The van der Waals surface area contributed by atoms with E-state index in [-0.39, 0.29) is 6.61 Å². The monoisotopic (exact) mass is 285 g/mol. The zero-order valence-corrected chi connectivity index (χ0v) is 10.8. The number of ether oxygens (including phenoxy) is 1. The smallest absolute Gasteiger partial charge is 0.139 e. The molecule has 0 fully saturated rings. The van der Waals surface area contributed by atoms with Crippen LogP contribution in [-0.4, -0.2) is 0 Å². The van der Waals surface area contributed by atoms with E-state index in [9.17, 15) is 4.39 Å². The fourth-order valence-corrected chi connectivity index (χ4v) is 1.82. The van der Waals surface area contributed by atoms with Crippen molar-refractivity contribution in [2.24, 2.45) is 0 Å². The number of hydrogen-bond acceptors (Lipinski definition) is 2. The van der Waals surface area contributed by atoms with Crippen LogP contribution in [0, 0.1) is 5.82 Å². The van der Waals surface area contributed by atoms with Gasteiger partial charge in [0.05, 0.1) is 5.02 Å². The second-order valence-corrected chi connectivity index (χ2v) is 4.43. The highest BCUT2D eigenvalue weighted by molar-refractivity contribution is 6.42. The molecule has 2 nitrogen and oxygen atoms in total. The summed E-state index contributed by atoms with van der Waals surface area (Å²) in [6.07, 6.45) is 0. The van der Waals surface area contributed by atoms with Crippen molar-refractivity contribution in [3.05, 3.63) is 57.8 Å². The van der Waals surface area contributed by atoms with Crippen molar-refractivity contribution >= 4 is 28.9 Å². The van der Waals surface area contributed by atoms with Crippen molar-refractivity contribution in [1.29, 1.82) is 0 Å². The highest BCUT2D eigenvalue weighted by atomic mass is 35.5. The zero-order valence-electron chi connectivity index (χ0n) is 9.29. The third-order valence-corrected chi connectivity index (χ3v) is 3.24. The van der Waals surface area contributed by atoms with Crippen molar-refractivity contribution in [1.82, 2.24) is 0 Å². The molecule has 0 bridgehead atoms. The normalized spacial score (nSPS) is 10.4. The minimum Gasteiger partial charge on any atom is -0.487 e. The molecule has 0 spiro atoms. The van der Waals surface area contributed by atoms with Crippen molar-refractivity contribution in [2.75, 3.05) is 5.73 Å². The quantitative estimate of drug-likeness (QED) is 0.854. The predicted molar refractivity (Wildman–Crippen MR) is 71.6 cm³/mol. The van der Waals surface area contributed by atoms with Crippen molar-refractivity contribution in [2.45, 2.75) is 6.61 Å². The molecular formula is C13H10Cl2FNO. The molecule has 0 aliphatic rings. The van der Waals surface area contributed by atoms with Crippen LogP contribution in [0.3, 0.4) is 0 Å². The van der Waals surface area contributed by atoms with E-state index in [0.29, 0.717) is 27.0 Å². The lowest BCUT2D eigenvalue weighted by Crippen LogP contribution is -2.03. The standard InChI is InChI=1S/C13H10Cl2FNO/c14-9-3-1-6-12(13(9)15)18-7-8-10(16)4-2-5-11(8)17/h1-6H,7,17H2. The summed E-state index contributed by atoms with van der Waals surface area (Å²) in [6.45, 7) is -0.00142. The SMILES string of the molecule is Nc1cccc(F)c1COc1cccc(Cl)c1Cl. The molecule has 0 aromatic heterocycles. The number of anilines is 1. The van der Waals surface area contributed by atoms with E-state index >= 15 is 0 Å². The van der Waals surface area contributed by atoms with E-state index in [0.717, 1.165) is 0 Å². The molecule has 0 saturated carbocycles. The average molecular weight is 286 g/mol. The maximum atomic E-state index is 13.5. The van der Waals surface area contributed by atoms with Gasteiger partial charge in [-0.3, -0.25) is 0 Å². The lowest BCUT2D eigenvalue weighted by atomic mass is 10.2. The van der Waals surface area contributed by atoms with Crippen LogP contribution in [0.1, 0.15) is 5.56 Å². The summed E-state index contributed by atoms with van der Waals surface area (Å²) >= 11 is 11.8. The Morgan fingerprint density at radius 3 is 2.56 bits per heavy atom. The van der Waals surface area contributed by atoms with Crippen molar-refractivity contribution in [3.63, 3.8) is 0 Å². The minimum absolute atomic E-state index is 0.00142. The molecule has 2 rings (SSSR count). The van der Waals surface area contributed by atoms with Crippen LogP contribution in [0.25, 0.3) is 0 Å². The molecule has 18 heavy (non-hydrogen) atoms. The topological polar surface area (TPSA) is 35.2 Å².